The van der Waals surface area contributed by atoms with E-state index >= 15 is 0 Å². The zero-order valence-electron chi connectivity index (χ0n) is 19.3. The van der Waals surface area contributed by atoms with Gasteiger partial charge in [0.05, 0.1) is 12.1 Å². The number of alkyl halides is 2. The number of carbonyl (C=O) groups excluding carboxylic acids is 1. The van der Waals surface area contributed by atoms with Gasteiger partial charge in [-0.05, 0) is 68.3 Å². The van der Waals surface area contributed by atoms with Gasteiger partial charge in [-0.25, -0.2) is 0 Å². The zero-order valence-corrected chi connectivity index (χ0v) is 19.3. The minimum atomic E-state index is -2.83. The molecule has 2 aromatic carbocycles. The number of halogens is 2. The van der Waals surface area contributed by atoms with E-state index in [4.69, 9.17) is 4.74 Å². The molecule has 0 aromatic heterocycles. The summed E-state index contributed by atoms with van der Waals surface area (Å²) in [5, 5.41) is 3.28. The topological polar surface area (TPSA) is 59.9 Å². The van der Waals surface area contributed by atoms with Crippen LogP contribution in [0.1, 0.15) is 48.7 Å². The summed E-state index contributed by atoms with van der Waals surface area (Å²) in [6.45, 7) is 6.98. The maximum absolute atomic E-state index is 11.6. The zero-order chi connectivity index (χ0) is 24.6. The lowest BCUT2D eigenvalue weighted by Gasteiger charge is -2.13. The van der Waals surface area contributed by atoms with Gasteiger partial charge in [0.1, 0.15) is 17.8 Å². The Labute approximate surface area is 194 Å². The summed E-state index contributed by atoms with van der Waals surface area (Å²) in [5.74, 6) is 1.73. The van der Waals surface area contributed by atoms with Crippen molar-refractivity contribution in [2.24, 2.45) is 4.99 Å². The number of carbonyl (C=O) groups is 1. The molecule has 1 N–H and O–H groups in total. The second kappa shape index (κ2) is 15.1. The van der Waals surface area contributed by atoms with E-state index in [2.05, 4.69) is 28.5 Å². The number of hydrogen-bond acceptors (Lipinski definition) is 4. The van der Waals surface area contributed by atoms with Crippen LogP contribution in [0, 0.1) is 0 Å². The summed E-state index contributed by atoms with van der Waals surface area (Å²) in [7, 11) is 1.76. The average Bonchev–Trinajstić information content (AvgIpc) is 2.82. The molecule has 176 valence electrons. The fourth-order valence-electron chi connectivity index (χ4n) is 2.49. The van der Waals surface area contributed by atoms with Crippen LogP contribution in [0.5, 0.6) is 5.75 Å². The van der Waals surface area contributed by atoms with E-state index < -0.39 is 6.61 Å². The van der Waals surface area contributed by atoms with Crippen LogP contribution in [-0.4, -0.2) is 25.8 Å². The van der Waals surface area contributed by atoms with E-state index in [0.29, 0.717) is 11.8 Å². The Morgan fingerprint density at radius 3 is 2.42 bits per heavy atom. The lowest BCUT2D eigenvalue weighted by Crippen LogP contribution is -2.08. The molecule has 0 radical (unpaired) electrons. The molecule has 0 spiro atoms. The van der Waals surface area contributed by atoms with E-state index in [1.54, 1.807) is 13.3 Å². The Morgan fingerprint density at radius 2 is 1.91 bits per heavy atom. The van der Waals surface area contributed by atoms with Gasteiger partial charge in [-0.2, -0.15) is 8.78 Å². The molecule has 33 heavy (non-hydrogen) atoms. The van der Waals surface area contributed by atoms with Gasteiger partial charge in [0.2, 0.25) is 0 Å². The highest BCUT2D eigenvalue weighted by Gasteiger charge is 2.06. The maximum atomic E-state index is 11.6. The first-order chi connectivity index (χ1) is 15.9. The molecule has 0 fully saturated rings. The molecule has 0 heterocycles. The molecule has 0 bridgehead atoms. The Morgan fingerprint density at radius 1 is 1.21 bits per heavy atom. The summed E-state index contributed by atoms with van der Waals surface area (Å²) in [6, 6.07) is 11.5. The van der Waals surface area contributed by atoms with Crippen LogP contribution in [0.3, 0.4) is 0 Å². The molecular formula is C26H30F2N2O3. The van der Waals surface area contributed by atoms with Gasteiger partial charge in [0.25, 0.3) is 0 Å². The third-order valence-electron chi connectivity index (χ3n) is 4.24. The molecule has 2 aromatic rings. The molecule has 0 amide bonds. The minimum Gasteiger partial charge on any atom is -0.465 e. The number of aldehydes is 1. The highest BCUT2D eigenvalue weighted by molar-refractivity contribution is 5.95. The summed E-state index contributed by atoms with van der Waals surface area (Å²) in [5.41, 5.74) is 3.43. The van der Waals surface area contributed by atoms with E-state index in [0.717, 1.165) is 34.8 Å². The maximum Gasteiger partial charge on any atom is 0.387 e. The standard InChI is InChI=1S/C18H24N2O.C8H6F2O2/c1-6-9-12-21-18(8-3)16-11-10-15(7-2)17(13-16)20-14(4)19-5;9-8(10)12-7-3-1-6(5-11)2-4-7/h7-13H,2,6H2,1,3-5H3,(H,19,20);1-5,8H/b12-9+,18-8-;. The number of aliphatic imine (C=N–C) groups is 1. The van der Waals surface area contributed by atoms with Crippen LogP contribution in [0.15, 0.2) is 72.5 Å². The van der Waals surface area contributed by atoms with Crippen LogP contribution in [-0.2, 0) is 4.74 Å². The fraction of sp³-hybridized carbons (Fsp3) is 0.231. The number of allylic oxidation sites excluding steroid dienone is 2. The first-order valence-electron chi connectivity index (χ1n) is 10.3. The molecule has 2 rings (SSSR count). The van der Waals surface area contributed by atoms with Gasteiger partial charge in [-0.3, -0.25) is 9.79 Å². The van der Waals surface area contributed by atoms with Crippen LogP contribution >= 0.6 is 0 Å². The van der Waals surface area contributed by atoms with Gasteiger partial charge in [0.15, 0.2) is 0 Å². The van der Waals surface area contributed by atoms with Crippen molar-refractivity contribution < 1.29 is 23.0 Å². The number of anilines is 1. The fourth-order valence-corrected chi connectivity index (χ4v) is 2.49. The Hall–Kier alpha value is -3.74. The van der Waals surface area contributed by atoms with Crippen LogP contribution in [0.4, 0.5) is 14.5 Å². The number of nitrogens with one attached hydrogen (secondary N) is 1. The number of rotatable bonds is 9. The smallest absolute Gasteiger partial charge is 0.387 e. The second-order valence-corrected chi connectivity index (χ2v) is 6.56. The molecule has 0 saturated carbocycles. The number of nitrogens with zero attached hydrogens (tertiary/aromatic N) is 1. The number of ether oxygens (including phenoxy) is 2. The Bertz CT molecular complexity index is 982. The van der Waals surface area contributed by atoms with Crippen molar-refractivity contribution in [1.82, 2.24) is 0 Å². The monoisotopic (exact) mass is 456 g/mol. The van der Waals surface area contributed by atoms with Crippen LogP contribution in [0.25, 0.3) is 11.8 Å². The quantitative estimate of drug-likeness (QED) is 0.188. The SMILES string of the molecule is C=Cc1ccc(/C(=C/C)O/C=C/CC)cc1NC(C)=NC.O=Cc1ccc(OC(F)F)cc1. The average molecular weight is 457 g/mol. The summed E-state index contributed by atoms with van der Waals surface area (Å²) >= 11 is 0. The second-order valence-electron chi connectivity index (χ2n) is 6.56. The van der Waals surface area contributed by atoms with E-state index in [1.807, 2.05) is 50.3 Å². The van der Waals surface area contributed by atoms with Gasteiger partial charge >= 0.3 is 6.61 Å². The molecule has 0 aliphatic rings. The number of hydrogen-bond donors (Lipinski definition) is 1. The summed E-state index contributed by atoms with van der Waals surface area (Å²) in [4.78, 5) is 14.3. The van der Waals surface area contributed by atoms with E-state index in [9.17, 15) is 13.6 Å². The van der Waals surface area contributed by atoms with E-state index in [-0.39, 0.29) is 5.75 Å². The van der Waals surface area contributed by atoms with Crippen LogP contribution < -0.4 is 10.1 Å². The van der Waals surface area contributed by atoms with Gasteiger partial charge in [-0.15, -0.1) is 0 Å². The molecule has 0 saturated heterocycles. The molecular weight excluding hydrogens is 426 g/mol. The summed E-state index contributed by atoms with van der Waals surface area (Å²) < 4.78 is 33.0. The van der Waals surface area contributed by atoms with E-state index in [1.165, 1.54) is 24.3 Å². The van der Waals surface area contributed by atoms with Gasteiger partial charge in [0, 0.05) is 23.9 Å². The van der Waals surface area contributed by atoms with Crippen molar-refractivity contribution in [3.8, 4) is 5.75 Å². The van der Waals surface area contributed by atoms with Crippen molar-refractivity contribution >= 4 is 29.6 Å². The lowest BCUT2D eigenvalue weighted by molar-refractivity contribution is -0.0498. The molecule has 0 atom stereocenters. The van der Waals surface area contributed by atoms with Crippen molar-refractivity contribution in [1.29, 1.82) is 0 Å². The highest BCUT2D eigenvalue weighted by atomic mass is 19.3. The third kappa shape index (κ3) is 9.95. The van der Waals surface area contributed by atoms with Crippen LogP contribution in [0.2, 0.25) is 0 Å². The molecule has 7 heteroatoms. The normalized spacial score (nSPS) is 11.6. The largest absolute Gasteiger partial charge is 0.465 e. The van der Waals surface area contributed by atoms with Crippen molar-refractivity contribution in [2.45, 2.75) is 33.8 Å². The predicted molar refractivity (Wildman–Crippen MR) is 132 cm³/mol. The molecule has 0 aliphatic heterocycles. The minimum absolute atomic E-state index is 0.0515. The first kappa shape index (κ1) is 27.3. The summed E-state index contributed by atoms with van der Waals surface area (Å²) in [6.07, 6.45) is 9.06. The highest BCUT2D eigenvalue weighted by Crippen LogP contribution is 2.25. The third-order valence-corrected chi connectivity index (χ3v) is 4.24. The number of amidine groups is 1. The van der Waals surface area contributed by atoms with Crippen molar-refractivity contribution in [3.05, 3.63) is 84.1 Å². The molecule has 0 aliphatic carbocycles. The van der Waals surface area contributed by atoms with Crippen molar-refractivity contribution in [3.63, 3.8) is 0 Å². The lowest BCUT2D eigenvalue weighted by atomic mass is 10.1. The first-order valence-corrected chi connectivity index (χ1v) is 10.3. The van der Waals surface area contributed by atoms with Gasteiger partial charge < -0.3 is 14.8 Å². The molecule has 0 unspecified atom stereocenters. The Balaban J connectivity index is 0.000000383. The predicted octanol–water partition coefficient (Wildman–Crippen LogP) is 7.19. The number of benzene rings is 2. The van der Waals surface area contributed by atoms with Gasteiger partial charge in [-0.1, -0.05) is 31.7 Å². The van der Waals surface area contributed by atoms with Crippen molar-refractivity contribution in [2.75, 3.05) is 12.4 Å². The Kier molecular flexibility index (Phi) is 12.5. The molecule has 5 nitrogen and oxygen atoms in total.